The van der Waals surface area contributed by atoms with Gasteiger partial charge in [0.2, 0.25) is 10.0 Å². The fourth-order valence-corrected chi connectivity index (χ4v) is 6.49. The van der Waals surface area contributed by atoms with E-state index in [1.54, 1.807) is 12.1 Å². The third kappa shape index (κ3) is 6.25. The standard InChI is InChI=1S/C27H28Cl2N2O3S/c1-19(22-7-10-24(28)11-8-22)30-27(32)23-9-12-25(29)26(18-23)35(33,34)31-15-13-21(14-16-31)17-20-5-3-2-4-6-20/h2-12,18-19,21H,13-17H2,1H3,(H,30,32). The van der Waals surface area contributed by atoms with Gasteiger partial charge in [0.25, 0.3) is 5.91 Å². The molecule has 0 bridgehead atoms. The molecule has 0 saturated carbocycles. The van der Waals surface area contributed by atoms with Crippen molar-refractivity contribution in [2.24, 2.45) is 5.92 Å². The van der Waals surface area contributed by atoms with Crippen LogP contribution in [0.15, 0.2) is 77.7 Å². The molecule has 3 aromatic rings. The quantitative estimate of drug-likeness (QED) is 0.399. The topological polar surface area (TPSA) is 66.5 Å². The van der Waals surface area contributed by atoms with E-state index in [9.17, 15) is 13.2 Å². The summed E-state index contributed by atoms with van der Waals surface area (Å²) in [5, 5.41) is 3.63. The number of amides is 1. The number of sulfonamides is 1. The molecule has 1 aliphatic heterocycles. The van der Waals surface area contributed by atoms with Crippen LogP contribution in [0.1, 0.15) is 47.3 Å². The predicted octanol–water partition coefficient (Wildman–Crippen LogP) is 6.13. The number of halogens is 2. The van der Waals surface area contributed by atoms with Crippen LogP contribution >= 0.6 is 23.2 Å². The highest BCUT2D eigenvalue weighted by Crippen LogP contribution is 2.30. The molecule has 1 heterocycles. The Morgan fingerprint density at radius 3 is 2.31 bits per heavy atom. The van der Waals surface area contributed by atoms with Gasteiger partial charge in [-0.25, -0.2) is 8.42 Å². The SMILES string of the molecule is CC(NC(=O)c1ccc(Cl)c(S(=O)(=O)N2CCC(Cc3ccccc3)CC2)c1)c1ccc(Cl)cc1. The zero-order valence-electron chi connectivity index (χ0n) is 19.5. The Labute approximate surface area is 217 Å². The molecule has 0 spiro atoms. The van der Waals surface area contributed by atoms with Gasteiger partial charge in [0, 0.05) is 23.7 Å². The highest BCUT2D eigenvalue weighted by atomic mass is 35.5. The molecular formula is C27H28Cl2N2O3S. The molecule has 1 fully saturated rings. The average molecular weight is 532 g/mol. The molecule has 0 radical (unpaired) electrons. The van der Waals surface area contributed by atoms with Crippen molar-refractivity contribution >= 4 is 39.1 Å². The van der Waals surface area contributed by atoms with E-state index in [4.69, 9.17) is 23.2 Å². The molecule has 1 atom stereocenters. The largest absolute Gasteiger partial charge is 0.346 e. The van der Waals surface area contributed by atoms with Crippen molar-refractivity contribution in [2.45, 2.75) is 37.1 Å². The van der Waals surface area contributed by atoms with Gasteiger partial charge in [-0.05, 0) is 73.6 Å². The van der Waals surface area contributed by atoms with Gasteiger partial charge in [-0.1, -0.05) is 65.7 Å². The van der Waals surface area contributed by atoms with Crippen LogP contribution in [0.25, 0.3) is 0 Å². The Morgan fingerprint density at radius 1 is 1.00 bits per heavy atom. The maximum atomic E-state index is 13.4. The first-order valence-electron chi connectivity index (χ1n) is 11.6. The van der Waals surface area contributed by atoms with E-state index in [2.05, 4.69) is 17.4 Å². The number of nitrogens with one attached hydrogen (secondary N) is 1. The lowest BCUT2D eigenvalue weighted by molar-refractivity contribution is 0.0939. The molecule has 1 saturated heterocycles. The summed E-state index contributed by atoms with van der Waals surface area (Å²) in [4.78, 5) is 12.9. The van der Waals surface area contributed by atoms with E-state index < -0.39 is 10.0 Å². The second kappa shape index (κ2) is 11.1. The number of hydrogen-bond donors (Lipinski definition) is 1. The van der Waals surface area contributed by atoms with E-state index in [0.717, 1.165) is 24.8 Å². The van der Waals surface area contributed by atoms with Gasteiger partial charge >= 0.3 is 0 Å². The molecule has 1 N–H and O–H groups in total. The van der Waals surface area contributed by atoms with E-state index >= 15 is 0 Å². The fraction of sp³-hybridized carbons (Fsp3) is 0.296. The number of carbonyl (C=O) groups excluding carboxylic acids is 1. The lowest BCUT2D eigenvalue weighted by Gasteiger charge is -2.31. The second-order valence-corrected chi connectivity index (χ2v) is 11.7. The lowest BCUT2D eigenvalue weighted by Crippen LogP contribution is -2.39. The van der Waals surface area contributed by atoms with Crippen LogP contribution in [0, 0.1) is 5.92 Å². The van der Waals surface area contributed by atoms with E-state index in [-0.39, 0.29) is 27.4 Å². The van der Waals surface area contributed by atoms with Crippen LogP contribution in [0.2, 0.25) is 10.0 Å². The summed E-state index contributed by atoms with van der Waals surface area (Å²) >= 11 is 12.2. The van der Waals surface area contributed by atoms with Crippen molar-refractivity contribution in [3.63, 3.8) is 0 Å². The average Bonchev–Trinajstić information content (AvgIpc) is 2.85. The van der Waals surface area contributed by atoms with Gasteiger partial charge in [0.05, 0.1) is 11.1 Å². The minimum absolute atomic E-state index is 0.0347. The number of benzene rings is 3. The van der Waals surface area contributed by atoms with E-state index in [1.807, 2.05) is 37.3 Å². The van der Waals surface area contributed by atoms with Gasteiger partial charge < -0.3 is 5.32 Å². The smallest absolute Gasteiger partial charge is 0.251 e. The van der Waals surface area contributed by atoms with Crippen molar-refractivity contribution in [1.82, 2.24) is 9.62 Å². The third-order valence-electron chi connectivity index (χ3n) is 6.47. The normalized spacial score (nSPS) is 16.1. The van der Waals surface area contributed by atoms with Crippen molar-refractivity contribution in [1.29, 1.82) is 0 Å². The third-order valence-corrected chi connectivity index (χ3v) is 9.10. The van der Waals surface area contributed by atoms with Crippen molar-refractivity contribution < 1.29 is 13.2 Å². The zero-order valence-corrected chi connectivity index (χ0v) is 21.8. The molecule has 1 aliphatic rings. The Bertz CT molecular complexity index is 1270. The Balaban J connectivity index is 1.44. The molecule has 35 heavy (non-hydrogen) atoms. The zero-order chi connectivity index (χ0) is 25.0. The first-order chi connectivity index (χ1) is 16.7. The number of rotatable bonds is 7. The first kappa shape index (κ1) is 25.7. The molecule has 4 rings (SSSR count). The number of hydrogen-bond acceptors (Lipinski definition) is 3. The molecule has 1 amide bonds. The number of piperidine rings is 1. The van der Waals surface area contributed by atoms with E-state index in [0.29, 0.717) is 24.0 Å². The maximum Gasteiger partial charge on any atom is 0.251 e. The molecule has 1 unspecified atom stereocenters. The Kier molecular flexibility index (Phi) is 8.17. The van der Waals surface area contributed by atoms with Crippen molar-refractivity contribution in [3.8, 4) is 0 Å². The van der Waals surface area contributed by atoms with Crippen LogP contribution in [-0.4, -0.2) is 31.7 Å². The molecule has 5 nitrogen and oxygen atoms in total. The molecule has 0 aromatic heterocycles. The molecule has 3 aromatic carbocycles. The molecule has 0 aliphatic carbocycles. The van der Waals surface area contributed by atoms with Crippen LogP contribution in [0.5, 0.6) is 0 Å². The Morgan fingerprint density at radius 2 is 1.66 bits per heavy atom. The minimum atomic E-state index is -3.82. The summed E-state index contributed by atoms with van der Waals surface area (Å²) in [5.41, 5.74) is 2.40. The molecular weight excluding hydrogens is 503 g/mol. The summed E-state index contributed by atoms with van der Waals surface area (Å²) in [7, 11) is -3.82. The summed E-state index contributed by atoms with van der Waals surface area (Å²) in [6, 6.07) is 21.6. The van der Waals surface area contributed by atoms with Crippen LogP contribution in [0.3, 0.4) is 0 Å². The monoisotopic (exact) mass is 530 g/mol. The number of carbonyl (C=O) groups is 1. The van der Waals surface area contributed by atoms with Gasteiger partial charge in [-0.15, -0.1) is 0 Å². The summed E-state index contributed by atoms with van der Waals surface area (Å²) in [5.74, 6) is 0.0629. The van der Waals surface area contributed by atoms with Gasteiger partial charge in [-0.2, -0.15) is 4.31 Å². The van der Waals surface area contributed by atoms with Crippen LogP contribution < -0.4 is 5.32 Å². The predicted molar refractivity (Wildman–Crippen MR) is 140 cm³/mol. The lowest BCUT2D eigenvalue weighted by atomic mass is 9.91. The Hall–Kier alpha value is -2.38. The fourth-order valence-electron chi connectivity index (χ4n) is 4.40. The highest BCUT2D eigenvalue weighted by molar-refractivity contribution is 7.89. The van der Waals surface area contributed by atoms with E-state index in [1.165, 1.54) is 28.1 Å². The van der Waals surface area contributed by atoms with Crippen LogP contribution in [-0.2, 0) is 16.4 Å². The summed E-state index contributed by atoms with van der Waals surface area (Å²) in [6.45, 7) is 2.72. The highest BCUT2D eigenvalue weighted by Gasteiger charge is 2.31. The minimum Gasteiger partial charge on any atom is -0.346 e. The van der Waals surface area contributed by atoms with Gasteiger partial charge in [-0.3, -0.25) is 4.79 Å². The second-order valence-electron chi connectivity index (χ2n) is 8.93. The van der Waals surface area contributed by atoms with Crippen molar-refractivity contribution in [2.75, 3.05) is 13.1 Å². The van der Waals surface area contributed by atoms with Gasteiger partial charge in [0.1, 0.15) is 4.90 Å². The summed E-state index contributed by atoms with van der Waals surface area (Å²) in [6.07, 6.45) is 2.51. The molecule has 8 heteroatoms. The maximum absolute atomic E-state index is 13.4. The molecule has 184 valence electrons. The summed E-state index contributed by atoms with van der Waals surface area (Å²) < 4.78 is 28.3. The first-order valence-corrected chi connectivity index (χ1v) is 13.8. The van der Waals surface area contributed by atoms with Crippen LogP contribution in [0.4, 0.5) is 0 Å². The van der Waals surface area contributed by atoms with Gasteiger partial charge in [0.15, 0.2) is 0 Å². The number of nitrogens with zero attached hydrogens (tertiary/aromatic N) is 1. The van der Waals surface area contributed by atoms with Crippen molar-refractivity contribution in [3.05, 3.63) is 99.5 Å².